The monoisotopic (exact) mass is 254 g/mol. The van der Waals surface area contributed by atoms with Crippen molar-refractivity contribution in [2.24, 2.45) is 5.73 Å². The number of hydrogen-bond acceptors (Lipinski definition) is 4. The van der Waals surface area contributed by atoms with Crippen LogP contribution in [-0.2, 0) is 6.54 Å². The summed E-state index contributed by atoms with van der Waals surface area (Å²) in [6, 6.07) is 3.72. The first-order valence-corrected chi connectivity index (χ1v) is 5.97. The van der Waals surface area contributed by atoms with Crippen molar-refractivity contribution in [1.29, 1.82) is 0 Å². The Morgan fingerprint density at radius 3 is 2.94 bits per heavy atom. The van der Waals surface area contributed by atoms with Crippen LogP contribution in [0.15, 0.2) is 38.9 Å². The maximum absolute atomic E-state index is 6.18. The van der Waals surface area contributed by atoms with E-state index in [0.29, 0.717) is 11.6 Å². The van der Waals surface area contributed by atoms with Crippen molar-refractivity contribution >= 4 is 23.4 Å². The number of aromatic nitrogens is 1. The molecular weight excluding hydrogens is 244 g/mol. The molecule has 0 spiro atoms. The number of nitrogens with two attached hydrogens (primary N) is 1. The normalized spacial score (nSPS) is 10.7. The molecule has 2 aromatic heterocycles. The Kier molecular flexibility index (Phi) is 3.53. The zero-order valence-electron chi connectivity index (χ0n) is 8.74. The second-order valence-electron chi connectivity index (χ2n) is 3.24. The van der Waals surface area contributed by atoms with Gasteiger partial charge < -0.3 is 10.2 Å². The first kappa shape index (κ1) is 11.5. The number of hydrogen-bond donors (Lipinski definition) is 1. The molecular formula is C11H11ClN2OS. The molecule has 5 heteroatoms. The molecule has 2 aromatic rings. The van der Waals surface area contributed by atoms with E-state index in [1.54, 1.807) is 12.5 Å². The van der Waals surface area contributed by atoms with Crippen LogP contribution in [0.25, 0.3) is 0 Å². The van der Waals surface area contributed by atoms with Crippen molar-refractivity contribution < 1.29 is 4.42 Å². The average molecular weight is 255 g/mol. The average Bonchev–Trinajstić information content (AvgIpc) is 2.68. The molecule has 0 aromatic carbocycles. The lowest BCUT2D eigenvalue weighted by atomic mass is 10.3. The van der Waals surface area contributed by atoms with Gasteiger partial charge in [0.05, 0.1) is 16.2 Å². The Labute approximate surface area is 103 Å². The fourth-order valence-electron chi connectivity index (χ4n) is 1.27. The van der Waals surface area contributed by atoms with Crippen molar-refractivity contribution in [1.82, 2.24) is 4.98 Å². The molecule has 0 atom stereocenters. The smallest absolute Gasteiger partial charge is 0.120 e. The van der Waals surface area contributed by atoms with E-state index in [1.165, 1.54) is 11.8 Å². The lowest BCUT2D eigenvalue weighted by molar-refractivity contribution is 0.527. The predicted molar refractivity (Wildman–Crippen MR) is 64.7 cm³/mol. The summed E-state index contributed by atoms with van der Waals surface area (Å²) in [5, 5.41) is 1.38. The maximum atomic E-state index is 6.18. The summed E-state index contributed by atoms with van der Waals surface area (Å²) in [4.78, 5) is 5.25. The third kappa shape index (κ3) is 2.24. The predicted octanol–water partition coefficient (Wildman–Crippen LogP) is 3.25. The van der Waals surface area contributed by atoms with Gasteiger partial charge in [-0.15, -0.1) is 0 Å². The van der Waals surface area contributed by atoms with E-state index in [0.717, 1.165) is 21.2 Å². The van der Waals surface area contributed by atoms with Gasteiger partial charge >= 0.3 is 0 Å². The van der Waals surface area contributed by atoms with Gasteiger partial charge in [0.25, 0.3) is 0 Å². The van der Waals surface area contributed by atoms with Crippen LogP contribution in [0.2, 0.25) is 5.02 Å². The Morgan fingerprint density at radius 1 is 1.50 bits per heavy atom. The minimum absolute atomic E-state index is 0.416. The second-order valence-corrected chi connectivity index (χ2v) is 4.65. The maximum Gasteiger partial charge on any atom is 0.120 e. The molecule has 0 radical (unpaired) electrons. The Bertz CT molecular complexity index is 498. The zero-order valence-corrected chi connectivity index (χ0v) is 10.3. The van der Waals surface area contributed by atoms with Gasteiger partial charge in [0, 0.05) is 12.7 Å². The number of aryl methyl sites for hydroxylation is 1. The first-order chi connectivity index (χ1) is 7.72. The Balaban J connectivity index is 2.32. The van der Waals surface area contributed by atoms with E-state index in [9.17, 15) is 0 Å². The largest absolute Gasteiger partial charge is 0.468 e. The number of pyridine rings is 1. The minimum Gasteiger partial charge on any atom is -0.468 e. The van der Waals surface area contributed by atoms with Crippen molar-refractivity contribution in [3.63, 3.8) is 0 Å². The van der Waals surface area contributed by atoms with Crippen LogP contribution >= 0.6 is 23.4 Å². The van der Waals surface area contributed by atoms with Crippen LogP contribution in [0.3, 0.4) is 0 Å². The molecule has 0 amide bonds. The molecule has 0 saturated heterocycles. The van der Waals surface area contributed by atoms with Crippen molar-refractivity contribution in [3.8, 4) is 0 Å². The summed E-state index contributed by atoms with van der Waals surface area (Å²) in [5.74, 6) is 0.862. The van der Waals surface area contributed by atoms with Crippen LogP contribution in [0.1, 0.15) is 11.3 Å². The van der Waals surface area contributed by atoms with E-state index in [1.807, 2.05) is 19.1 Å². The summed E-state index contributed by atoms with van der Waals surface area (Å²) in [6.07, 6.45) is 3.37. The van der Waals surface area contributed by atoms with Gasteiger partial charge in [0.1, 0.15) is 10.8 Å². The molecule has 2 rings (SSSR count). The zero-order chi connectivity index (χ0) is 11.5. The van der Waals surface area contributed by atoms with Gasteiger partial charge in [-0.25, -0.2) is 4.98 Å². The van der Waals surface area contributed by atoms with Gasteiger partial charge in [0.2, 0.25) is 0 Å². The molecule has 3 nitrogen and oxygen atoms in total. The van der Waals surface area contributed by atoms with E-state index in [2.05, 4.69) is 4.98 Å². The molecule has 2 heterocycles. The minimum atomic E-state index is 0.416. The standard InChI is InChI=1S/C11H11ClN2OS/c1-7-9(3-5-15-7)16-11-10(12)8(6-13)2-4-14-11/h2-5H,6,13H2,1H3. The van der Waals surface area contributed by atoms with Crippen molar-refractivity contribution in [2.45, 2.75) is 23.4 Å². The van der Waals surface area contributed by atoms with Crippen LogP contribution in [-0.4, -0.2) is 4.98 Å². The number of rotatable bonds is 3. The molecule has 0 bridgehead atoms. The number of nitrogens with zero attached hydrogens (tertiary/aromatic N) is 1. The van der Waals surface area contributed by atoms with Crippen molar-refractivity contribution in [2.75, 3.05) is 0 Å². The molecule has 0 aliphatic rings. The molecule has 84 valence electrons. The highest BCUT2D eigenvalue weighted by Gasteiger charge is 2.10. The molecule has 0 saturated carbocycles. The van der Waals surface area contributed by atoms with E-state index in [4.69, 9.17) is 21.8 Å². The molecule has 0 aliphatic heterocycles. The summed E-state index contributed by atoms with van der Waals surface area (Å²) < 4.78 is 5.22. The fraction of sp³-hybridized carbons (Fsp3) is 0.182. The number of furan rings is 1. The molecule has 16 heavy (non-hydrogen) atoms. The van der Waals surface area contributed by atoms with Gasteiger partial charge in [-0.05, 0) is 24.6 Å². The van der Waals surface area contributed by atoms with Crippen LogP contribution in [0, 0.1) is 6.92 Å². The molecule has 0 aliphatic carbocycles. The third-order valence-corrected chi connectivity index (χ3v) is 3.86. The Hall–Kier alpha value is -0.970. The van der Waals surface area contributed by atoms with E-state index in [-0.39, 0.29) is 0 Å². The fourth-order valence-corrected chi connectivity index (χ4v) is 2.44. The van der Waals surface area contributed by atoms with Gasteiger partial charge in [-0.2, -0.15) is 0 Å². The van der Waals surface area contributed by atoms with E-state index >= 15 is 0 Å². The molecule has 0 fully saturated rings. The van der Waals surface area contributed by atoms with Gasteiger partial charge in [-0.3, -0.25) is 0 Å². The second kappa shape index (κ2) is 4.91. The van der Waals surface area contributed by atoms with Gasteiger partial charge in [-0.1, -0.05) is 23.4 Å². The summed E-state index contributed by atoms with van der Waals surface area (Å²) >= 11 is 7.67. The third-order valence-electron chi connectivity index (χ3n) is 2.17. The highest BCUT2D eigenvalue weighted by molar-refractivity contribution is 7.99. The summed E-state index contributed by atoms with van der Waals surface area (Å²) in [7, 11) is 0. The summed E-state index contributed by atoms with van der Waals surface area (Å²) in [5.41, 5.74) is 6.49. The Morgan fingerprint density at radius 2 is 2.31 bits per heavy atom. The van der Waals surface area contributed by atoms with Crippen LogP contribution in [0.4, 0.5) is 0 Å². The topological polar surface area (TPSA) is 52.0 Å². The van der Waals surface area contributed by atoms with Gasteiger partial charge in [0.15, 0.2) is 0 Å². The quantitative estimate of drug-likeness (QED) is 0.914. The van der Waals surface area contributed by atoms with Crippen molar-refractivity contribution in [3.05, 3.63) is 40.9 Å². The molecule has 2 N–H and O–H groups in total. The molecule has 0 unspecified atom stereocenters. The lowest BCUT2D eigenvalue weighted by Gasteiger charge is -2.05. The lowest BCUT2D eigenvalue weighted by Crippen LogP contribution is -1.98. The van der Waals surface area contributed by atoms with Crippen LogP contribution in [0.5, 0.6) is 0 Å². The van der Waals surface area contributed by atoms with Crippen LogP contribution < -0.4 is 5.73 Å². The van der Waals surface area contributed by atoms with E-state index < -0.39 is 0 Å². The SMILES string of the molecule is Cc1occc1Sc1nccc(CN)c1Cl. The first-order valence-electron chi connectivity index (χ1n) is 4.77. The number of halogens is 1. The highest BCUT2D eigenvalue weighted by atomic mass is 35.5. The summed E-state index contributed by atoms with van der Waals surface area (Å²) in [6.45, 7) is 2.32. The highest BCUT2D eigenvalue weighted by Crippen LogP contribution is 2.35.